The zero-order valence-corrected chi connectivity index (χ0v) is 14.1. The average molecular weight is 336 g/mol. The minimum absolute atomic E-state index is 0.192. The third kappa shape index (κ3) is 6.28. The Balaban J connectivity index is 2.78. The van der Waals surface area contributed by atoms with Crippen LogP contribution < -0.4 is 10.6 Å². The lowest BCUT2D eigenvalue weighted by Gasteiger charge is -2.21. The maximum atomic E-state index is 12.1. The van der Waals surface area contributed by atoms with Crippen LogP contribution in [0.15, 0.2) is 30.3 Å². The topological polar surface area (TPSA) is 105 Å². The zero-order valence-electron chi connectivity index (χ0n) is 14.1. The van der Waals surface area contributed by atoms with Crippen LogP contribution in [0.2, 0.25) is 0 Å². The number of carbonyl (C=O) groups is 3. The van der Waals surface area contributed by atoms with Crippen molar-refractivity contribution in [1.82, 2.24) is 10.6 Å². The van der Waals surface area contributed by atoms with Crippen molar-refractivity contribution in [3.05, 3.63) is 35.9 Å². The molecule has 0 aliphatic rings. The van der Waals surface area contributed by atoms with Crippen molar-refractivity contribution >= 4 is 18.0 Å². The number of amides is 2. The second kappa shape index (κ2) is 9.54. The molecule has 24 heavy (non-hydrogen) atoms. The molecule has 132 valence electrons. The summed E-state index contributed by atoms with van der Waals surface area (Å²) in [5.74, 6) is -1.98. The highest BCUT2D eigenvalue weighted by atomic mass is 16.5. The molecular weight excluding hydrogens is 312 g/mol. The Morgan fingerprint density at radius 2 is 1.75 bits per heavy atom. The monoisotopic (exact) mass is 336 g/mol. The van der Waals surface area contributed by atoms with Crippen LogP contribution in [0.3, 0.4) is 0 Å². The first kappa shape index (κ1) is 19.5. The van der Waals surface area contributed by atoms with Crippen molar-refractivity contribution < 1.29 is 24.2 Å². The molecule has 0 radical (unpaired) electrons. The van der Waals surface area contributed by atoms with Crippen LogP contribution in [0, 0.1) is 5.92 Å². The molecule has 3 N–H and O–H groups in total. The molecule has 7 heteroatoms. The summed E-state index contributed by atoms with van der Waals surface area (Å²) in [4.78, 5) is 35.3. The number of carboxylic acid groups (broad SMARTS) is 1. The summed E-state index contributed by atoms with van der Waals surface area (Å²) in [6.07, 6.45) is 0.256. The molecule has 0 unspecified atom stereocenters. The highest BCUT2D eigenvalue weighted by Gasteiger charge is 2.27. The quantitative estimate of drug-likeness (QED) is 0.625. The van der Waals surface area contributed by atoms with Gasteiger partial charge >= 0.3 is 18.0 Å². The fourth-order valence-corrected chi connectivity index (χ4v) is 2.14. The second-order valence-electron chi connectivity index (χ2n) is 5.67. The van der Waals surface area contributed by atoms with Crippen molar-refractivity contribution in [3.63, 3.8) is 0 Å². The predicted molar refractivity (Wildman–Crippen MR) is 88.5 cm³/mol. The van der Waals surface area contributed by atoms with Gasteiger partial charge < -0.3 is 20.5 Å². The molecule has 0 heterocycles. The number of esters is 1. The Morgan fingerprint density at radius 1 is 1.12 bits per heavy atom. The molecule has 1 aromatic carbocycles. The van der Waals surface area contributed by atoms with E-state index in [9.17, 15) is 14.4 Å². The molecule has 2 atom stereocenters. The van der Waals surface area contributed by atoms with Crippen LogP contribution >= 0.6 is 0 Å². The Labute approximate surface area is 141 Å². The molecule has 0 aliphatic heterocycles. The van der Waals surface area contributed by atoms with Gasteiger partial charge in [0.1, 0.15) is 12.1 Å². The van der Waals surface area contributed by atoms with Gasteiger partial charge in [0.05, 0.1) is 6.61 Å². The highest BCUT2D eigenvalue weighted by molar-refractivity contribution is 5.86. The van der Waals surface area contributed by atoms with Crippen molar-refractivity contribution in [2.45, 2.75) is 39.3 Å². The molecular formula is C17H24N2O5. The summed E-state index contributed by atoms with van der Waals surface area (Å²) in [7, 11) is 0. The minimum atomic E-state index is -1.13. The number of ether oxygens (including phenoxy) is 1. The van der Waals surface area contributed by atoms with Gasteiger partial charge in [-0.15, -0.1) is 0 Å². The van der Waals surface area contributed by atoms with Gasteiger partial charge in [0.25, 0.3) is 0 Å². The Morgan fingerprint density at radius 3 is 2.25 bits per heavy atom. The number of urea groups is 1. The average Bonchev–Trinajstić information content (AvgIpc) is 2.52. The van der Waals surface area contributed by atoms with E-state index in [0.717, 1.165) is 5.56 Å². The summed E-state index contributed by atoms with van der Waals surface area (Å²) in [6.45, 7) is 5.24. The number of carbonyl (C=O) groups excluding carboxylic acids is 2. The van der Waals surface area contributed by atoms with Gasteiger partial charge in [0, 0.05) is 6.42 Å². The number of carboxylic acids is 1. The van der Waals surface area contributed by atoms with Crippen molar-refractivity contribution in [2.24, 2.45) is 5.92 Å². The van der Waals surface area contributed by atoms with E-state index in [1.165, 1.54) is 0 Å². The van der Waals surface area contributed by atoms with E-state index < -0.39 is 30.1 Å². The van der Waals surface area contributed by atoms with Gasteiger partial charge in [-0.05, 0) is 18.4 Å². The first-order valence-corrected chi connectivity index (χ1v) is 7.85. The second-order valence-corrected chi connectivity index (χ2v) is 5.67. The van der Waals surface area contributed by atoms with E-state index >= 15 is 0 Å². The summed E-state index contributed by atoms with van der Waals surface area (Å²) < 4.78 is 4.98. The van der Waals surface area contributed by atoms with Crippen LogP contribution in [0.1, 0.15) is 26.3 Å². The third-order valence-electron chi connectivity index (χ3n) is 3.38. The van der Waals surface area contributed by atoms with Gasteiger partial charge in [-0.25, -0.2) is 14.4 Å². The van der Waals surface area contributed by atoms with Crippen LogP contribution in [-0.4, -0.2) is 41.8 Å². The standard InChI is InChI=1S/C17H24N2O5/c1-4-24-16(22)13(10-12-8-6-5-7-9-12)18-17(23)19-14(11(2)3)15(20)21/h5-9,11,13-14H,4,10H2,1-3H3,(H,20,21)(H2,18,19,23)/t13-,14-/m0/s1. The number of aliphatic carboxylic acids is 1. The van der Waals surface area contributed by atoms with Gasteiger partial charge in [-0.2, -0.15) is 0 Å². The maximum Gasteiger partial charge on any atom is 0.329 e. The number of benzene rings is 1. The van der Waals surface area contributed by atoms with Crippen LogP contribution in [0.25, 0.3) is 0 Å². The van der Waals surface area contributed by atoms with Crippen molar-refractivity contribution in [2.75, 3.05) is 6.61 Å². The number of hydrogen-bond donors (Lipinski definition) is 3. The van der Waals surface area contributed by atoms with Crippen LogP contribution in [-0.2, 0) is 20.7 Å². The molecule has 0 aromatic heterocycles. The molecule has 0 bridgehead atoms. The first-order valence-electron chi connectivity index (χ1n) is 7.85. The van der Waals surface area contributed by atoms with E-state index in [-0.39, 0.29) is 18.9 Å². The van der Waals surface area contributed by atoms with Gasteiger partial charge in [-0.1, -0.05) is 44.2 Å². The molecule has 0 saturated carbocycles. The van der Waals surface area contributed by atoms with Gasteiger partial charge in [0.2, 0.25) is 0 Å². The molecule has 0 aliphatic carbocycles. The molecule has 2 amide bonds. The number of rotatable bonds is 8. The SMILES string of the molecule is CCOC(=O)[C@H](Cc1ccccc1)NC(=O)N[C@H](C(=O)O)C(C)C. The molecule has 1 rings (SSSR count). The number of hydrogen-bond acceptors (Lipinski definition) is 4. The third-order valence-corrected chi connectivity index (χ3v) is 3.38. The van der Waals surface area contributed by atoms with E-state index in [2.05, 4.69) is 10.6 Å². The van der Waals surface area contributed by atoms with Crippen molar-refractivity contribution in [3.8, 4) is 0 Å². The molecule has 7 nitrogen and oxygen atoms in total. The van der Waals surface area contributed by atoms with E-state index in [1.54, 1.807) is 20.8 Å². The van der Waals surface area contributed by atoms with Gasteiger partial charge in [0.15, 0.2) is 0 Å². The lowest BCUT2D eigenvalue weighted by atomic mass is 10.0. The van der Waals surface area contributed by atoms with E-state index in [0.29, 0.717) is 0 Å². The molecule has 0 saturated heterocycles. The lowest BCUT2D eigenvalue weighted by molar-refractivity contribution is -0.145. The Kier molecular flexibility index (Phi) is 7.74. The first-order chi connectivity index (χ1) is 11.3. The minimum Gasteiger partial charge on any atom is -0.480 e. The summed E-state index contributed by atoms with van der Waals surface area (Å²) >= 11 is 0. The molecule has 0 spiro atoms. The normalized spacial score (nSPS) is 13.0. The van der Waals surface area contributed by atoms with Crippen LogP contribution in [0.5, 0.6) is 0 Å². The predicted octanol–water partition coefficient (Wildman–Crippen LogP) is 1.57. The largest absolute Gasteiger partial charge is 0.480 e. The Hall–Kier alpha value is -2.57. The molecule has 1 aromatic rings. The van der Waals surface area contributed by atoms with Gasteiger partial charge in [-0.3, -0.25) is 0 Å². The van der Waals surface area contributed by atoms with E-state index in [4.69, 9.17) is 9.84 Å². The van der Waals surface area contributed by atoms with Crippen molar-refractivity contribution in [1.29, 1.82) is 0 Å². The highest BCUT2D eigenvalue weighted by Crippen LogP contribution is 2.06. The number of nitrogens with one attached hydrogen (secondary N) is 2. The lowest BCUT2D eigenvalue weighted by Crippen LogP contribution is -2.53. The zero-order chi connectivity index (χ0) is 18.1. The van der Waals surface area contributed by atoms with E-state index in [1.807, 2.05) is 30.3 Å². The van der Waals surface area contributed by atoms with Crippen LogP contribution in [0.4, 0.5) is 4.79 Å². The fourth-order valence-electron chi connectivity index (χ4n) is 2.14. The Bertz CT molecular complexity index is 559. The summed E-state index contributed by atoms with van der Waals surface area (Å²) in [5, 5.41) is 14.0. The fraction of sp³-hybridized carbons (Fsp3) is 0.471. The molecule has 0 fully saturated rings. The summed E-state index contributed by atoms with van der Waals surface area (Å²) in [5.41, 5.74) is 0.856. The smallest absolute Gasteiger partial charge is 0.329 e. The summed E-state index contributed by atoms with van der Waals surface area (Å²) in [6, 6.07) is 6.53. The maximum absolute atomic E-state index is 12.1.